The molecule has 1 saturated heterocycles. The fourth-order valence-electron chi connectivity index (χ4n) is 2.27. The number of hydrogen-bond acceptors (Lipinski definition) is 11. The number of aromatic nitrogens is 2. The van der Waals surface area contributed by atoms with E-state index in [1.807, 2.05) is 0 Å². The molecule has 7 N–H and O–H groups in total. The second kappa shape index (κ2) is 8.87. The standard InChI is InChI=1S/C9H13F3N3O12P3S/c10-2-9(12)4(16)6(24-7(9)15-1-3(11)5(13)14-8(15)31)25-29(20,21)27-30(22,23)26-28(17,18)19/h1,4,6-7,16H,2H2,(H,20,21)(H,22,23)(H2,13,14,31)(H2,17,18,19)/t4-,6+,7+,9?/m0/s1. The van der Waals surface area contributed by atoms with E-state index in [4.69, 9.17) is 37.4 Å². The van der Waals surface area contributed by atoms with Gasteiger partial charge in [-0.2, -0.15) is 13.6 Å². The third kappa shape index (κ3) is 6.17. The Hall–Kier alpha value is -0.780. The predicted molar refractivity (Wildman–Crippen MR) is 92.1 cm³/mol. The molecule has 6 atom stereocenters. The van der Waals surface area contributed by atoms with Crippen LogP contribution in [0.4, 0.5) is 19.0 Å². The maximum Gasteiger partial charge on any atom is 0.490 e. The number of phosphoric ester groups is 1. The Labute approximate surface area is 174 Å². The summed E-state index contributed by atoms with van der Waals surface area (Å²) < 4.78 is 91.5. The van der Waals surface area contributed by atoms with Gasteiger partial charge in [-0.25, -0.2) is 26.9 Å². The number of phosphoric acid groups is 3. The molecule has 0 spiro atoms. The number of anilines is 1. The number of nitrogen functional groups attached to an aromatic ring is 1. The Morgan fingerprint density at radius 3 is 2.35 bits per heavy atom. The summed E-state index contributed by atoms with van der Waals surface area (Å²) in [5.41, 5.74) is 1.69. The van der Waals surface area contributed by atoms with E-state index in [2.05, 4.69) is 18.1 Å². The van der Waals surface area contributed by atoms with Crippen LogP contribution >= 0.6 is 35.7 Å². The number of rotatable bonds is 8. The van der Waals surface area contributed by atoms with Crippen LogP contribution in [0.25, 0.3) is 0 Å². The summed E-state index contributed by atoms with van der Waals surface area (Å²) in [6.07, 6.45) is -7.27. The van der Waals surface area contributed by atoms with Crippen molar-refractivity contribution in [2.45, 2.75) is 24.3 Å². The minimum absolute atomic E-state index is 0.365. The van der Waals surface area contributed by atoms with Gasteiger partial charge in [0.25, 0.3) is 0 Å². The molecule has 1 aliphatic rings. The first-order chi connectivity index (χ1) is 13.9. The maximum absolute atomic E-state index is 15.1. The molecule has 0 saturated carbocycles. The van der Waals surface area contributed by atoms with Gasteiger partial charge in [0.1, 0.15) is 12.8 Å². The molecule has 22 heteroatoms. The van der Waals surface area contributed by atoms with Gasteiger partial charge >= 0.3 is 23.5 Å². The van der Waals surface area contributed by atoms with Crippen molar-refractivity contribution in [2.75, 3.05) is 12.4 Å². The maximum atomic E-state index is 15.1. The van der Waals surface area contributed by atoms with Crippen LogP contribution in [-0.4, -0.2) is 59.0 Å². The van der Waals surface area contributed by atoms with Crippen LogP contribution in [0.15, 0.2) is 6.20 Å². The first kappa shape index (κ1) is 26.5. The largest absolute Gasteiger partial charge is 0.490 e. The molecule has 1 aromatic heterocycles. The molecular formula is C9H13F3N3O12P3S. The van der Waals surface area contributed by atoms with Crippen LogP contribution in [0.2, 0.25) is 0 Å². The molecule has 0 aliphatic carbocycles. The lowest BCUT2D eigenvalue weighted by Crippen LogP contribution is -2.45. The summed E-state index contributed by atoms with van der Waals surface area (Å²) in [4.78, 5) is 38.8. The third-order valence-corrected chi connectivity index (χ3v) is 7.57. The van der Waals surface area contributed by atoms with E-state index < -0.39 is 70.8 Å². The normalized spacial score (nSPS) is 30.6. The number of aliphatic hydroxyl groups excluding tert-OH is 1. The molecule has 0 bridgehead atoms. The van der Waals surface area contributed by atoms with Crippen molar-refractivity contribution in [3.05, 3.63) is 16.8 Å². The number of halogens is 3. The minimum atomic E-state index is -5.95. The average Bonchev–Trinajstić information content (AvgIpc) is 2.79. The fourth-order valence-corrected chi connectivity index (χ4v) is 5.60. The van der Waals surface area contributed by atoms with Gasteiger partial charge in [-0.1, -0.05) is 0 Å². The Morgan fingerprint density at radius 2 is 1.84 bits per heavy atom. The van der Waals surface area contributed by atoms with Crippen LogP contribution in [0.3, 0.4) is 0 Å². The molecule has 0 radical (unpaired) electrons. The van der Waals surface area contributed by atoms with Crippen LogP contribution in [0, 0.1) is 10.6 Å². The quantitative estimate of drug-likeness (QED) is 0.197. The van der Waals surface area contributed by atoms with E-state index in [-0.39, 0.29) is 0 Å². The Bertz CT molecular complexity index is 1060. The fraction of sp³-hybridized carbons (Fsp3) is 0.556. The zero-order chi connectivity index (χ0) is 24.0. The van der Waals surface area contributed by atoms with E-state index in [9.17, 15) is 32.5 Å². The smallest absolute Gasteiger partial charge is 0.384 e. The van der Waals surface area contributed by atoms with Gasteiger partial charge in [-0.15, -0.1) is 0 Å². The molecule has 15 nitrogen and oxygen atoms in total. The van der Waals surface area contributed by atoms with Gasteiger partial charge in [-0.05, 0) is 12.2 Å². The Kier molecular flexibility index (Phi) is 7.57. The number of hydrogen-bond donors (Lipinski definition) is 6. The lowest BCUT2D eigenvalue weighted by molar-refractivity contribution is -0.135. The van der Waals surface area contributed by atoms with Crippen LogP contribution in [0.1, 0.15) is 6.23 Å². The van der Waals surface area contributed by atoms with Crippen molar-refractivity contribution >= 4 is 41.5 Å². The van der Waals surface area contributed by atoms with Crippen molar-refractivity contribution < 1.29 is 69.4 Å². The Balaban J connectivity index is 2.32. The molecule has 1 fully saturated rings. The number of nitrogens with zero attached hydrogens (tertiary/aromatic N) is 2. The van der Waals surface area contributed by atoms with Crippen molar-refractivity contribution in [3.63, 3.8) is 0 Å². The molecular weight excluding hydrogens is 524 g/mol. The van der Waals surface area contributed by atoms with Crippen LogP contribution in [-0.2, 0) is 31.6 Å². The van der Waals surface area contributed by atoms with Crippen molar-refractivity contribution in [1.29, 1.82) is 0 Å². The highest BCUT2D eigenvalue weighted by molar-refractivity contribution is 7.71. The molecule has 31 heavy (non-hydrogen) atoms. The highest BCUT2D eigenvalue weighted by Gasteiger charge is 2.61. The minimum Gasteiger partial charge on any atom is -0.384 e. The predicted octanol–water partition coefficient (Wildman–Crippen LogP) is 0.571. The van der Waals surface area contributed by atoms with Gasteiger partial charge in [0.05, 0.1) is 0 Å². The lowest BCUT2D eigenvalue weighted by atomic mass is 10.0. The van der Waals surface area contributed by atoms with Crippen LogP contribution in [0.5, 0.6) is 0 Å². The van der Waals surface area contributed by atoms with E-state index in [0.717, 1.165) is 0 Å². The highest BCUT2D eigenvalue weighted by atomic mass is 32.1. The zero-order valence-electron chi connectivity index (χ0n) is 14.5. The van der Waals surface area contributed by atoms with Gasteiger partial charge in [-0.3, -0.25) is 9.09 Å². The molecule has 178 valence electrons. The molecule has 2 rings (SSSR count). The summed E-state index contributed by atoms with van der Waals surface area (Å²) in [5, 5.41) is 9.98. The van der Waals surface area contributed by atoms with Crippen LogP contribution < -0.4 is 5.73 Å². The number of aliphatic hydroxyl groups is 1. The number of ether oxygens (including phenoxy) is 1. The molecule has 1 aromatic rings. The summed E-state index contributed by atoms with van der Waals surface area (Å²) in [7, 11) is -17.5. The van der Waals surface area contributed by atoms with Gasteiger partial charge in [0.2, 0.25) is 16.7 Å². The molecule has 1 aliphatic heterocycles. The van der Waals surface area contributed by atoms with E-state index in [0.29, 0.717) is 10.8 Å². The summed E-state index contributed by atoms with van der Waals surface area (Å²) in [6.45, 7) is -2.04. The van der Waals surface area contributed by atoms with Gasteiger partial charge in [0, 0.05) is 6.20 Å². The second-order valence-corrected chi connectivity index (χ2v) is 10.5. The summed E-state index contributed by atoms with van der Waals surface area (Å²) >= 11 is 4.72. The van der Waals surface area contributed by atoms with Crippen molar-refractivity contribution in [2.24, 2.45) is 0 Å². The van der Waals surface area contributed by atoms with Gasteiger partial charge < -0.3 is 35.2 Å². The zero-order valence-corrected chi connectivity index (χ0v) is 18.0. The molecule has 2 heterocycles. The number of alkyl halides is 2. The van der Waals surface area contributed by atoms with Gasteiger partial charge in [0.15, 0.2) is 17.9 Å². The van der Waals surface area contributed by atoms with E-state index in [1.165, 1.54) is 0 Å². The lowest BCUT2D eigenvalue weighted by Gasteiger charge is -2.26. The summed E-state index contributed by atoms with van der Waals surface area (Å²) in [6, 6.07) is 0. The highest BCUT2D eigenvalue weighted by Crippen LogP contribution is 2.67. The molecule has 0 amide bonds. The average molecular weight is 537 g/mol. The van der Waals surface area contributed by atoms with E-state index in [1.54, 1.807) is 0 Å². The monoisotopic (exact) mass is 537 g/mol. The first-order valence-corrected chi connectivity index (χ1v) is 12.3. The number of nitrogens with two attached hydrogens (primary N) is 1. The first-order valence-electron chi connectivity index (χ1n) is 7.35. The summed E-state index contributed by atoms with van der Waals surface area (Å²) in [5.74, 6) is -1.97. The van der Waals surface area contributed by atoms with E-state index >= 15 is 4.39 Å². The second-order valence-electron chi connectivity index (χ2n) is 5.72. The van der Waals surface area contributed by atoms with Crippen molar-refractivity contribution in [3.8, 4) is 0 Å². The van der Waals surface area contributed by atoms with Crippen molar-refractivity contribution in [1.82, 2.24) is 9.55 Å². The topological polar surface area (TPSA) is 233 Å². The Morgan fingerprint density at radius 1 is 1.26 bits per heavy atom. The SMILES string of the molecule is Nc1nc(=S)n([C@@H]2O[C@H](OP(=O)(O)OP(=O)(O)OP(=O)(O)O)[C@H](O)C2(F)CF)cc1F. The third-order valence-electron chi connectivity index (χ3n) is 3.47. The molecule has 3 unspecified atom stereocenters. The molecule has 0 aromatic carbocycles.